The molecule has 11 rings (SSSR count). The molecule has 5 nitrogen and oxygen atoms in total. The molecule has 56 heavy (non-hydrogen) atoms. The Morgan fingerprint density at radius 2 is 0.929 bits per heavy atom. The van der Waals surface area contributed by atoms with Crippen LogP contribution in [0.5, 0.6) is 0 Å². The first-order valence-electron chi connectivity index (χ1n) is 18.8. The van der Waals surface area contributed by atoms with E-state index in [4.69, 9.17) is 19.4 Å². The van der Waals surface area contributed by atoms with Gasteiger partial charge in [0.05, 0.1) is 5.52 Å². The van der Waals surface area contributed by atoms with E-state index in [1.54, 1.807) is 0 Å². The van der Waals surface area contributed by atoms with Gasteiger partial charge in [-0.3, -0.25) is 4.57 Å². The third-order valence-corrected chi connectivity index (χ3v) is 10.7. The molecule has 0 aliphatic heterocycles. The minimum absolute atomic E-state index is 0.514. The van der Waals surface area contributed by atoms with Crippen molar-refractivity contribution in [3.05, 3.63) is 194 Å². The second-order valence-electron chi connectivity index (χ2n) is 14.0. The van der Waals surface area contributed by atoms with Crippen molar-refractivity contribution in [2.75, 3.05) is 0 Å². The fourth-order valence-electron chi connectivity index (χ4n) is 8.03. The molecule has 0 saturated carbocycles. The Bertz CT molecular complexity index is 3220. The standard InChI is InChI=1S/C51H32N4O/c1-4-14-33(15-5-1)35-26-28-37(29-27-35)49-52-50(39-21-12-20-38(32-39)34-16-6-2-7-17-34)54-51(53-49)55-44-24-13-23-40(36-18-8-3-9-19-36)46(44)43-31-30-42-41-22-10-11-25-45(41)56-48(42)47(43)55/h1-32H. The van der Waals surface area contributed by atoms with Gasteiger partial charge in [0.15, 0.2) is 17.2 Å². The van der Waals surface area contributed by atoms with Crippen LogP contribution in [0.25, 0.3) is 106 Å². The van der Waals surface area contributed by atoms with Crippen LogP contribution in [-0.2, 0) is 0 Å². The van der Waals surface area contributed by atoms with E-state index < -0.39 is 0 Å². The molecule has 11 aromatic rings. The maximum Gasteiger partial charge on any atom is 0.238 e. The number of fused-ring (bicyclic) bond motifs is 7. The highest BCUT2D eigenvalue weighted by molar-refractivity contribution is 6.24. The van der Waals surface area contributed by atoms with Gasteiger partial charge in [0.25, 0.3) is 0 Å². The Morgan fingerprint density at radius 1 is 0.375 bits per heavy atom. The van der Waals surface area contributed by atoms with E-state index in [0.29, 0.717) is 17.6 Å². The number of furan rings is 1. The first-order chi connectivity index (χ1) is 27.8. The summed E-state index contributed by atoms with van der Waals surface area (Å²) in [4.78, 5) is 15.8. The minimum atomic E-state index is 0.514. The maximum absolute atomic E-state index is 6.76. The molecule has 0 saturated heterocycles. The van der Waals surface area contributed by atoms with Crippen LogP contribution in [-0.4, -0.2) is 19.5 Å². The summed E-state index contributed by atoms with van der Waals surface area (Å²) in [5.41, 5.74) is 12.1. The van der Waals surface area contributed by atoms with E-state index in [-0.39, 0.29) is 0 Å². The Morgan fingerprint density at radius 3 is 1.68 bits per heavy atom. The van der Waals surface area contributed by atoms with Gasteiger partial charge in [0.1, 0.15) is 11.1 Å². The topological polar surface area (TPSA) is 56.7 Å². The summed E-state index contributed by atoms with van der Waals surface area (Å²) < 4.78 is 8.94. The summed E-state index contributed by atoms with van der Waals surface area (Å²) in [6, 6.07) is 67.3. The van der Waals surface area contributed by atoms with Crippen molar-refractivity contribution in [3.8, 4) is 62.1 Å². The van der Waals surface area contributed by atoms with E-state index in [2.05, 4.69) is 174 Å². The predicted octanol–water partition coefficient (Wildman–Crippen LogP) is 13.2. The average Bonchev–Trinajstić information content (AvgIpc) is 3.83. The molecule has 3 aromatic heterocycles. The molecule has 0 radical (unpaired) electrons. The van der Waals surface area contributed by atoms with Crippen LogP contribution in [0.3, 0.4) is 0 Å². The molecule has 0 aliphatic carbocycles. The zero-order chi connectivity index (χ0) is 37.0. The molecule has 0 amide bonds. The fourth-order valence-corrected chi connectivity index (χ4v) is 8.03. The molecule has 0 bridgehead atoms. The molecule has 0 aliphatic rings. The van der Waals surface area contributed by atoms with Crippen molar-refractivity contribution in [2.45, 2.75) is 0 Å². The van der Waals surface area contributed by atoms with Gasteiger partial charge in [-0.15, -0.1) is 0 Å². The van der Waals surface area contributed by atoms with Crippen LogP contribution in [0.4, 0.5) is 0 Å². The molecule has 262 valence electrons. The van der Waals surface area contributed by atoms with Crippen molar-refractivity contribution in [2.24, 2.45) is 0 Å². The normalized spacial score (nSPS) is 11.6. The summed E-state index contributed by atoms with van der Waals surface area (Å²) >= 11 is 0. The lowest BCUT2D eigenvalue weighted by Crippen LogP contribution is -2.06. The minimum Gasteiger partial charge on any atom is -0.454 e. The van der Waals surface area contributed by atoms with Crippen molar-refractivity contribution in [1.82, 2.24) is 19.5 Å². The summed E-state index contributed by atoms with van der Waals surface area (Å²) in [5.74, 6) is 1.68. The summed E-state index contributed by atoms with van der Waals surface area (Å²) in [6.07, 6.45) is 0. The molecule has 0 fully saturated rings. The predicted molar refractivity (Wildman–Crippen MR) is 229 cm³/mol. The third kappa shape index (κ3) is 5.29. The van der Waals surface area contributed by atoms with Crippen LogP contribution in [0.15, 0.2) is 199 Å². The molecule has 0 N–H and O–H groups in total. The molecular formula is C51H32N4O. The van der Waals surface area contributed by atoms with Gasteiger partial charge >= 0.3 is 0 Å². The number of para-hydroxylation sites is 1. The molecule has 3 heterocycles. The van der Waals surface area contributed by atoms with E-state index >= 15 is 0 Å². The number of nitrogens with zero attached hydrogens (tertiary/aromatic N) is 4. The number of rotatable bonds is 6. The molecule has 8 aromatic carbocycles. The van der Waals surface area contributed by atoms with Crippen LogP contribution >= 0.6 is 0 Å². The van der Waals surface area contributed by atoms with Gasteiger partial charge in [-0.1, -0.05) is 170 Å². The number of aromatic nitrogens is 4. The van der Waals surface area contributed by atoms with Gasteiger partial charge in [-0.2, -0.15) is 9.97 Å². The maximum atomic E-state index is 6.76. The van der Waals surface area contributed by atoms with E-state index in [1.165, 1.54) is 0 Å². The van der Waals surface area contributed by atoms with Gasteiger partial charge < -0.3 is 4.42 Å². The Hall–Kier alpha value is -7.63. The lowest BCUT2D eigenvalue weighted by Gasteiger charge is -2.12. The highest BCUT2D eigenvalue weighted by Crippen LogP contribution is 2.43. The molecule has 0 atom stereocenters. The average molecular weight is 717 g/mol. The molecular weight excluding hydrogens is 685 g/mol. The van der Waals surface area contributed by atoms with Crippen molar-refractivity contribution in [1.29, 1.82) is 0 Å². The first kappa shape index (κ1) is 31.9. The zero-order valence-electron chi connectivity index (χ0n) is 30.2. The SMILES string of the molecule is c1ccc(-c2ccc(-c3nc(-c4cccc(-c5ccccc5)c4)nc(-n4c5cccc(-c6ccccc6)c5c5ccc6c7ccccc7oc6c54)n3)cc2)cc1. The van der Waals surface area contributed by atoms with E-state index in [9.17, 15) is 0 Å². The first-order valence-corrected chi connectivity index (χ1v) is 18.8. The van der Waals surface area contributed by atoms with Gasteiger partial charge in [0, 0.05) is 32.7 Å². The highest BCUT2D eigenvalue weighted by atomic mass is 16.3. The summed E-state index contributed by atoms with van der Waals surface area (Å²) in [5, 5.41) is 4.28. The van der Waals surface area contributed by atoms with Crippen LogP contribution in [0.2, 0.25) is 0 Å². The van der Waals surface area contributed by atoms with E-state index in [0.717, 1.165) is 88.3 Å². The third-order valence-electron chi connectivity index (χ3n) is 10.7. The second kappa shape index (κ2) is 13.0. The van der Waals surface area contributed by atoms with Gasteiger partial charge in [0.2, 0.25) is 5.95 Å². The van der Waals surface area contributed by atoms with Crippen LogP contribution < -0.4 is 0 Å². The second-order valence-corrected chi connectivity index (χ2v) is 14.0. The van der Waals surface area contributed by atoms with Gasteiger partial charge in [-0.25, -0.2) is 4.98 Å². The smallest absolute Gasteiger partial charge is 0.238 e. The lowest BCUT2D eigenvalue weighted by atomic mass is 9.99. The van der Waals surface area contributed by atoms with Crippen molar-refractivity contribution in [3.63, 3.8) is 0 Å². The lowest BCUT2D eigenvalue weighted by molar-refractivity contribution is 0.670. The summed E-state index contributed by atoms with van der Waals surface area (Å²) in [6.45, 7) is 0. The zero-order valence-corrected chi connectivity index (χ0v) is 30.2. The Balaban J connectivity index is 1.21. The monoisotopic (exact) mass is 716 g/mol. The van der Waals surface area contributed by atoms with Crippen molar-refractivity contribution < 1.29 is 4.42 Å². The number of hydrogen-bond donors (Lipinski definition) is 0. The Labute approximate surface area is 322 Å². The summed E-state index contributed by atoms with van der Waals surface area (Å²) in [7, 11) is 0. The van der Waals surface area contributed by atoms with Crippen molar-refractivity contribution >= 4 is 43.7 Å². The van der Waals surface area contributed by atoms with Crippen LogP contribution in [0, 0.1) is 0 Å². The largest absolute Gasteiger partial charge is 0.454 e. The quantitative estimate of drug-likeness (QED) is 0.172. The fraction of sp³-hybridized carbons (Fsp3) is 0. The Kier molecular flexibility index (Phi) is 7.42. The van der Waals surface area contributed by atoms with E-state index in [1.807, 2.05) is 24.3 Å². The molecule has 0 unspecified atom stereocenters. The van der Waals surface area contributed by atoms with Crippen LogP contribution in [0.1, 0.15) is 0 Å². The molecule has 5 heteroatoms. The number of benzene rings is 8. The number of hydrogen-bond acceptors (Lipinski definition) is 4. The van der Waals surface area contributed by atoms with Gasteiger partial charge in [-0.05, 0) is 57.6 Å². The highest BCUT2D eigenvalue weighted by Gasteiger charge is 2.24. The molecule has 0 spiro atoms.